The number of likely N-dealkylation sites (tertiary alicyclic amines) is 1. The first-order chi connectivity index (χ1) is 10.2. The summed E-state index contributed by atoms with van der Waals surface area (Å²) in [6, 6.07) is 4.29. The predicted octanol–water partition coefficient (Wildman–Crippen LogP) is 2.96. The van der Waals surface area contributed by atoms with Crippen LogP contribution in [-0.2, 0) is 9.47 Å². The molecule has 0 aromatic heterocycles. The minimum absolute atomic E-state index is 0.0919. The van der Waals surface area contributed by atoms with E-state index in [1.165, 1.54) is 12.1 Å². The van der Waals surface area contributed by atoms with Crippen LogP contribution in [0.5, 0.6) is 0 Å². The number of carbonyl (C=O) groups is 1. The van der Waals surface area contributed by atoms with Crippen LogP contribution >= 0.6 is 15.9 Å². The molecular formula is C15H17BrFNO3. The van der Waals surface area contributed by atoms with Gasteiger partial charge in [-0.2, -0.15) is 0 Å². The molecular weight excluding hydrogens is 341 g/mol. The molecule has 0 spiro atoms. The van der Waals surface area contributed by atoms with Crippen molar-refractivity contribution in [1.29, 1.82) is 0 Å². The number of rotatable bonds is 2. The smallest absolute Gasteiger partial charge is 0.257 e. The standard InChI is InChI=1S/C15H17BrFNO3/c16-10-4-5-12(17)11(9-10)14(19)18-6-2-1-3-13(18)15-20-7-8-21-15/h4-5,9,13,15H,1-3,6-8H2. The molecule has 1 aromatic carbocycles. The average Bonchev–Trinajstić information content (AvgIpc) is 3.03. The second-order valence-corrected chi connectivity index (χ2v) is 6.21. The Morgan fingerprint density at radius 3 is 2.81 bits per heavy atom. The van der Waals surface area contributed by atoms with Crippen molar-refractivity contribution < 1.29 is 18.7 Å². The quantitative estimate of drug-likeness (QED) is 0.816. The maximum atomic E-state index is 13.9. The lowest BCUT2D eigenvalue weighted by Gasteiger charge is -2.38. The molecule has 4 nitrogen and oxygen atoms in total. The number of ether oxygens (including phenoxy) is 2. The Bertz CT molecular complexity index is 534. The van der Waals surface area contributed by atoms with Gasteiger partial charge in [-0.25, -0.2) is 4.39 Å². The molecule has 0 aliphatic carbocycles. The molecule has 2 aliphatic heterocycles. The van der Waals surface area contributed by atoms with Crippen LogP contribution in [0, 0.1) is 5.82 Å². The van der Waals surface area contributed by atoms with E-state index in [1.807, 2.05) is 0 Å². The summed E-state index contributed by atoms with van der Waals surface area (Å²) in [7, 11) is 0. The van der Waals surface area contributed by atoms with E-state index < -0.39 is 5.82 Å². The minimum Gasteiger partial charge on any atom is -0.348 e. The fourth-order valence-corrected chi connectivity index (χ4v) is 3.27. The summed E-state index contributed by atoms with van der Waals surface area (Å²) in [6.45, 7) is 1.71. The van der Waals surface area contributed by atoms with E-state index in [1.54, 1.807) is 11.0 Å². The van der Waals surface area contributed by atoms with Gasteiger partial charge in [0.05, 0.1) is 24.8 Å². The van der Waals surface area contributed by atoms with Gasteiger partial charge in [0.2, 0.25) is 0 Å². The zero-order valence-corrected chi connectivity index (χ0v) is 13.1. The van der Waals surface area contributed by atoms with Crippen LogP contribution in [0.15, 0.2) is 22.7 Å². The van der Waals surface area contributed by atoms with Crippen molar-refractivity contribution in [3.63, 3.8) is 0 Å². The Kier molecular flexibility index (Phi) is 4.57. The fraction of sp³-hybridized carbons (Fsp3) is 0.533. The van der Waals surface area contributed by atoms with Crippen LogP contribution in [0.1, 0.15) is 29.6 Å². The predicted molar refractivity (Wildman–Crippen MR) is 78.5 cm³/mol. The van der Waals surface area contributed by atoms with Crippen molar-refractivity contribution in [2.24, 2.45) is 0 Å². The molecule has 1 unspecified atom stereocenters. The third-order valence-electron chi connectivity index (χ3n) is 3.93. The molecule has 2 heterocycles. The molecule has 114 valence electrons. The molecule has 6 heteroatoms. The van der Waals surface area contributed by atoms with Crippen molar-refractivity contribution >= 4 is 21.8 Å². The topological polar surface area (TPSA) is 38.8 Å². The SMILES string of the molecule is O=C(c1cc(Br)ccc1F)N1CCCCC1C1OCCO1. The van der Waals surface area contributed by atoms with Crippen molar-refractivity contribution in [3.05, 3.63) is 34.1 Å². The third-order valence-corrected chi connectivity index (χ3v) is 4.42. The van der Waals surface area contributed by atoms with Crippen LogP contribution in [0.2, 0.25) is 0 Å². The maximum absolute atomic E-state index is 13.9. The summed E-state index contributed by atoms with van der Waals surface area (Å²) >= 11 is 3.28. The Labute approximate surface area is 131 Å². The highest BCUT2D eigenvalue weighted by molar-refractivity contribution is 9.10. The number of amides is 1. The van der Waals surface area contributed by atoms with E-state index in [9.17, 15) is 9.18 Å². The van der Waals surface area contributed by atoms with Gasteiger partial charge in [-0.3, -0.25) is 4.79 Å². The number of nitrogens with zero attached hydrogens (tertiary/aromatic N) is 1. The first-order valence-corrected chi connectivity index (χ1v) is 7.95. The summed E-state index contributed by atoms with van der Waals surface area (Å²) in [4.78, 5) is 14.4. The zero-order chi connectivity index (χ0) is 14.8. The first kappa shape index (κ1) is 14.9. The summed E-state index contributed by atoms with van der Waals surface area (Å²) in [5.41, 5.74) is 0.0919. The van der Waals surface area contributed by atoms with Crippen molar-refractivity contribution in [2.75, 3.05) is 19.8 Å². The fourth-order valence-electron chi connectivity index (χ4n) is 2.91. The van der Waals surface area contributed by atoms with Gasteiger partial charge in [-0.1, -0.05) is 15.9 Å². The van der Waals surface area contributed by atoms with E-state index in [4.69, 9.17) is 9.47 Å². The van der Waals surface area contributed by atoms with Crippen LogP contribution < -0.4 is 0 Å². The van der Waals surface area contributed by atoms with Crippen LogP contribution in [0.3, 0.4) is 0 Å². The lowest BCUT2D eigenvalue weighted by molar-refractivity contribution is -0.100. The molecule has 1 atom stereocenters. The third kappa shape index (κ3) is 3.12. The summed E-state index contributed by atoms with van der Waals surface area (Å²) in [5.74, 6) is -0.793. The molecule has 0 N–H and O–H groups in total. The van der Waals surface area contributed by atoms with Gasteiger partial charge in [-0.05, 0) is 37.5 Å². The lowest BCUT2D eigenvalue weighted by atomic mass is 10.00. The Morgan fingerprint density at radius 2 is 2.05 bits per heavy atom. The molecule has 0 saturated carbocycles. The van der Waals surface area contributed by atoms with Crippen molar-refractivity contribution in [1.82, 2.24) is 4.90 Å². The first-order valence-electron chi connectivity index (χ1n) is 7.16. The monoisotopic (exact) mass is 357 g/mol. The number of hydrogen-bond acceptors (Lipinski definition) is 3. The number of benzene rings is 1. The van der Waals surface area contributed by atoms with Gasteiger partial charge >= 0.3 is 0 Å². The van der Waals surface area contributed by atoms with E-state index in [-0.39, 0.29) is 23.8 Å². The lowest BCUT2D eigenvalue weighted by Crippen LogP contribution is -2.50. The molecule has 2 aliphatic rings. The van der Waals surface area contributed by atoms with Gasteiger partial charge in [0.25, 0.3) is 5.91 Å². The summed E-state index contributed by atoms with van der Waals surface area (Å²) < 4.78 is 25.7. The number of halogens is 2. The highest BCUT2D eigenvalue weighted by atomic mass is 79.9. The number of piperidine rings is 1. The second-order valence-electron chi connectivity index (χ2n) is 5.30. The van der Waals surface area contributed by atoms with Gasteiger partial charge in [-0.15, -0.1) is 0 Å². The second kappa shape index (κ2) is 6.42. The van der Waals surface area contributed by atoms with Gasteiger partial charge in [0, 0.05) is 11.0 Å². The Balaban J connectivity index is 1.85. The largest absolute Gasteiger partial charge is 0.348 e. The molecule has 2 saturated heterocycles. The van der Waals surface area contributed by atoms with Crippen LogP contribution in [-0.4, -0.2) is 42.9 Å². The summed E-state index contributed by atoms with van der Waals surface area (Å²) in [5, 5.41) is 0. The van der Waals surface area contributed by atoms with Crippen molar-refractivity contribution in [2.45, 2.75) is 31.6 Å². The van der Waals surface area contributed by atoms with E-state index >= 15 is 0 Å². The van der Waals surface area contributed by atoms with E-state index in [2.05, 4.69) is 15.9 Å². The number of carbonyl (C=O) groups excluding carboxylic acids is 1. The highest BCUT2D eigenvalue weighted by Crippen LogP contribution is 2.27. The summed E-state index contributed by atoms with van der Waals surface area (Å²) in [6.07, 6.45) is 2.39. The molecule has 0 bridgehead atoms. The highest BCUT2D eigenvalue weighted by Gasteiger charge is 2.37. The molecule has 3 rings (SSSR count). The molecule has 21 heavy (non-hydrogen) atoms. The maximum Gasteiger partial charge on any atom is 0.257 e. The molecule has 1 aromatic rings. The molecule has 1 amide bonds. The van der Waals surface area contributed by atoms with Gasteiger partial charge in [0.15, 0.2) is 6.29 Å². The normalized spacial score (nSPS) is 23.5. The Morgan fingerprint density at radius 1 is 1.29 bits per heavy atom. The van der Waals surface area contributed by atoms with Crippen LogP contribution in [0.25, 0.3) is 0 Å². The van der Waals surface area contributed by atoms with E-state index in [0.29, 0.717) is 24.2 Å². The van der Waals surface area contributed by atoms with Gasteiger partial charge in [0.1, 0.15) is 5.82 Å². The van der Waals surface area contributed by atoms with Gasteiger partial charge < -0.3 is 14.4 Å². The zero-order valence-electron chi connectivity index (χ0n) is 11.6. The number of hydrogen-bond donors (Lipinski definition) is 0. The minimum atomic E-state index is -0.499. The van der Waals surface area contributed by atoms with Crippen molar-refractivity contribution in [3.8, 4) is 0 Å². The molecule has 0 radical (unpaired) electrons. The Hall–Kier alpha value is -0.980. The van der Waals surface area contributed by atoms with E-state index in [0.717, 1.165) is 19.3 Å². The van der Waals surface area contributed by atoms with Crippen LogP contribution in [0.4, 0.5) is 4.39 Å². The average molecular weight is 358 g/mol. The molecule has 2 fully saturated rings.